The quantitative estimate of drug-likeness (QED) is 0.748. The van der Waals surface area contributed by atoms with Crippen LogP contribution in [-0.2, 0) is 9.53 Å². The van der Waals surface area contributed by atoms with Crippen molar-refractivity contribution in [3.63, 3.8) is 0 Å². The summed E-state index contributed by atoms with van der Waals surface area (Å²) in [4.78, 5) is 15.1. The Morgan fingerprint density at radius 1 is 0.935 bits per heavy atom. The van der Waals surface area contributed by atoms with Crippen LogP contribution in [0.4, 0.5) is 0 Å². The Bertz CT molecular complexity index is 878. The van der Waals surface area contributed by atoms with Gasteiger partial charge in [0.25, 0.3) is 5.91 Å². The number of rotatable bonds is 6. The molecule has 0 radical (unpaired) electrons. The first-order valence-corrected chi connectivity index (χ1v) is 10.3. The number of benzene rings is 2. The molecule has 0 fully saturated rings. The van der Waals surface area contributed by atoms with Gasteiger partial charge in [0.2, 0.25) is 6.10 Å². The molecule has 166 valence electrons. The fourth-order valence-corrected chi connectivity index (χ4v) is 3.52. The van der Waals surface area contributed by atoms with E-state index in [0.29, 0.717) is 5.76 Å². The van der Waals surface area contributed by atoms with E-state index >= 15 is 0 Å². The van der Waals surface area contributed by atoms with E-state index in [1.807, 2.05) is 69.3 Å². The highest BCUT2D eigenvalue weighted by Gasteiger charge is 2.41. The fraction of sp³-hybridized carbons (Fsp3) is 0.400. The van der Waals surface area contributed by atoms with E-state index in [4.69, 9.17) is 14.2 Å². The molecule has 31 heavy (non-hydrogen) atoms. The topological polar surface area (TPSA) is 68.2 Å². The number of amides is 1. The second-order valence-corrected chi connectivity index (χ2v) is 8.72. The molecule has 2 aromatic carbocycles. The zero-order valence-electron chi connectivity index (χ0n) is 19.0. The van der Waals surface area contributed by atoms with Crippen molar-refractivity contribution in [1.29, 1.82) is 0 Å². The van der Waals surface area contributed by atoms with Gasteiger partial charge in [0.1, 0.15) is 17.3 Å². The number of allylic oxidation sites excluding steroid dienone is 1. The first-order valence-electron chi connectivity index (χ1n) is 10.3. The summed E-state index contributed by atoms with van der Waals surface area (Å²) >= 11 is 0. The van der Waals surface area contributed by atoms with E-state index in [-0.39, 0.29) is 11.3 Å². The van der Waals surface area contributed by atoms with Crippen LogP contribution in [0.3, 0.4) is 0 Å². The number of carbonyl (C=O) groups excluding carboxylic acids is 1. The summed E-state index contributed by atoms with van der Waals surface area (Å²) in [5.41, 5.74) is 1.49. The second kappa shape index (κ2) is 9.02. The maximum absolute atomic E-state index is 13.4. The molecule has 0 saturated heterocycles. The molecule has 2 atom stereocenters. The minimum absolute atomic E-state index is 0.292. The Hall–Kier alpha value is -2.99. The van der Waals surface area contributed by atoms with E-state index in [9.17, 15) is 9.90 Å². The molecule has 0 aliphatic carbocycles. The molecule has 1 N–H and O–H groups in total. The first-order chi connectivity index (χ1) is 14.7. The van der Waals surface area contributed by atoms with Gasteiger partial charge in [0.05, 0.1) is 26.4 Å². The second-order valence-electron chi connectivity index (χ2n) is 8.72. The van der Waals surface area contributed by atoms with Gasteiger partial charge in [-0.1, -0.05) is 45.0 Å². The highest BCUT2D eigenvalue weighted by atomic mass is 16.5. The van der Waals surface area contributed by atoms with Gasteiger partial charge in [-0.2, -0.15) is 0 Å². The van der Waals surface area contributed by atoms with Crippen LogP contribution in [0.1, 0.15) is 44.9 Å². The van der Waals surface area contributed by atoms with Crippen molar-refractivity contribution in [2.45, 2.75) is 45.9 Å². The highest BCUT2D eigenvalue weighted by Crippen LogP contribution is 2.38. The number of nitrogens with zero attached hydrogens (tertiary/aromatic N) is 1. The number of hydrogen-bond acceptors (Lipinski definition) is 5. The van der Waals surface area contributed by atoms with E-state index in [1.165, 1.54) is 0 Å². The summed E-state index contributed by atoms with van der Waals surface area (Å²) in [6.45, 7) is 7.62. The molecule has 1 heterocycles. The third-order valence-electron chi connectivity index (χ3n) is 5.33. The maximum Gasteiger partial charge on any atom is 0.271 e. The van der Waals surface area contributed by atoms with Crippen LogP contribution < -0.4 is 9.47 Å². The number of aliphatic hydroxyl groups is 1. The SMILES string of the molecule is COc1ccc(C(c2ccc(OC)cc2)N2C=C(C(C)(C)C)O[C@@H]([C@@H](C)O)C2=O)cc1. The molecule has 1 aliphatic rings. The summed E-state index contributed by atoms with van der Waals surface area (Å²) in [6.07, 6.45) is -0.160. The van der Waals surface area contributed by atoms with Gasteiger partial charge < -0.3 is 24.2 Å². The predicted octanol–water partition coefficient (Wildman–Crippen LogP) is 4.29. The Morgan fingerprint density at radius 2 is 1.39 bits per heavy atom. The van der Waals surface area contributed by atoms with Gasteiger partial charge in [-0.05, 0) is 42.3 Å². The fourth-order valence-electron chi connectivity index (χ4n) is 3.52. The first kappa shape index (κ1) is 22.7. The monoisotopic (exact) mass is 425 g/mol. The van der Waals surface area contributed by atoms with Crippen molar-refractivity contribution in [2.24, 2.45) is 5.41 Å². The van der Waals surface area contributed by atoms with Gasteiger partial charge in [-0.15, -0.1) is 0 Å². The molecule has 1 amide bonds. The summed E-state index contributed by atoms with van der Waals surface area (Å²) in [7, 11) is 3.24. The third-order valence-corrected chi connectivity index (χ3v) is 5.33. The summed E-state index contributed by atoms with van der Waals surface area (Å²) in [5.74, 6) is 1.82. The number of aliphatic hydroxyl groups excluding tert-OH is 1. The van der Waals surface area contributed by atoms with Crippen molar-refractivity contribution < 1.29 is 24.1 Å². The molecule has 0 bridgehead atoms. The van der Waals surface area contributed by atoms with Gasteiger partial charge in [-0.25, -0.2) is 0 Å². The minimum Gasteiger partial charge on any atom is -0.497 e. The Labute approximate surface area is 184 Å². The minimum atomic E-state index is -0.974. The number of methoxy groups -OCH3 is 2. The van der Waals surface area contributed by atoms with Crippen molar-refractivity contribution >= 4 is 5.91 Å². The van der Waals surface area contributed by atoms with Gasteiger partial charge >= 0.3 is 0 Å². The summed E-state index contributed by atoms with van der Waals surface area (Å²) < 4.78 is 16.5. The van der Waals surface area contributed by atoms with Gasteiger partial charge in [0.15, 0.2) is 0 Å². The van der Waals surface area contributed by atoms with Crippen LogP contribution >= 0.6 is 0 Å². The maximum atomic E-state index is 13.4. The normalized spacial score (nSPS) is 17.8. The average Bonchev–Trinajstić information content (AvgIpc) is 2.75. The number of carbonyl (C=O) groups is 1. The van der Waals surface area contributed by atoms with Crippen molar-refractivity contribution in [1.82, 2.24) is 4.90 Å². The lowest BCUT2D eigenvalue weighted by Gasteiger charge is -2.40. The molecule has 0 spiro atoms. The molecule has 6 heteroatoms. The van der Waals surface area contributed by atoms with Crippen LogP contribution in [-0.4, -0.2) is 42.3 Å². The molecule has 2 aromatic rings. The number of hydrogen-bond donors (Lipinski definition) is 1. The van der Waals surface area contributed by atoms with E-state index in [1.54, 1.807) is 32.2 Å². The smallest absolute Gasteiger partial charge is 0.271 e. The molecule has 6 nitrogen and oxygen atoms in total. The van der Waals surface area contributed by atoms with Crippen molar-refractivity contribution in [2.75, 3.05) is 14.2 Å². The average molecular weight is 426 g/mol. The molecule has 3 rings (SSSR count). The summed E-state index contributed by atoms with van der Waals surface area (Å²) in [6, 6.07) is 14.9. The van der Waals surface area contributed by atoms with Gasteiger partial charge in [0, 0.05) is 11.6 Å². The lowest BCUT2D eigenvalue weighted by molar-refractivity contribution is -0.151. The Kier molecular flexibility index (Phi) is 6.60. The zero-order valence-corrected chi connectivity index (χ0v) is 19.0. The van der Waals surface area contributed by atoms with E-state index in [0.717, 1.165) is 22.6 Å². The molecular formula is C25H31NO5. The van der Waals surface area contributed by atoms with Gasteiger partial charge in [-0.3, -0.25) is 4.79 Å². The molecule has 0 saturated carbocycles. The Morgan fingerprint density at radius 3 is 1.74 bits per heavy atom. The van der Waals surface area contributed by atoms with Crippen molar-refractivity contribution in [3.8, 4) is 11.5 Å². The zero-order chi connectivity index (χ0) is 22.8. The highest BCUT2D eigenvalue weighted by molar-refractivity contribution is 5.84. The van der Waals surface area contributed by atoms with Crippen molar-refractivity contribution in [3.05, 3.63) is 71.6 Å². The largest absolute Gasteiger partial charge is 0.497 e. The van der Waals surface area contributed by atoms with E-state index in [2.05, 4.69) is 0 Å². The third kappa shape index (κ3) is 4.85. The van der Waals surface area contributed by atoms with Crippen LogP contribution in [0, 0.1) is 5.41 Å². The predicted molar refractivity (Wildman–Crippen MR) is 119 cm³/mol. The van der Waals surface area contributed by atoms with E-state index < -0.39 is 18.2 Å². The molecule has 0 aromatic heterocycles. The molecule has 0 unspecified atom stereocenters. The van der Waals surface area contributed by atoms with Crippen LogP contribution in [0.2, 0.25) is 0 Å². The van der Waals surface area contributed by atoms with Crippen LogP contribution in [0.25, 0.3) is 0 Å². The Balaban J connectivity index is 2.16. The molecule has 1 aliphatic heterocycles. The summed E-state index contributed by atoms with van der Waals surface area (Å²) in [5, 5.41) is 10.3. The molecular weight excluding hydrogens is 394 g/mol. The lowest BCUT2D eigenvalue weighted by Crippen LogP contribution is -2.49. The standard InChI is InChI=1S/C25H31NO5/c1-16(27)23-24(28)26(15-21(31-23)25(2,3)4)22(17-7-11-19(29-5)12-8-17)18-9-13-20(30-6)14-10-18/h7-16,22-23,27H,1-6H3/t16-,23+/m1/s1. The van der Waals surface area contributed by atoms with Crippen LogP contribution in [0.5, 0.6) is 11.5 Å². The number of ether oxygens (including phenoxy) is 3. The van der Waals surface area contributed by atoms with Crippen LogP contribution in [0.15, 0.2) is 60.5 Å². The lowest BCUT2D eigenvalue weighted by atomic mass is 9.91.